The van der Waals surface area contributed by atoms with Crippen molar-refractivity contribution in [1.82, 2.24) is 24.1 Å². The lowest BCUT2D eigenvalue weighted by Gasteiger charge is -2.10. The van der Waals surface area contributed by atoms with Crippen LogP contribution < -0.4 is 14.9 Å². The van der Waals surface area contributed by atoms with Gasteiger partial charge in [0.05, 0.1) is 23.0 Å². The van der Waals surface area contributed by atoms with Gasteiger partial charge in [-0.05, 0) is 22.0 Å². The zero-order chi connectivity index (χ0) is 18.8. The van der Waals surface area contributed by atoms with Crippen molar-refractivity contribution in [3.05, 3.63) is 65.0 Å². The summed E-state index contributed by atoms with van der Waals surface area (Å²) in [5, 5.41) is 17.0. The molecule has 0 spiro atoms. The zero-order valence-corrected chi connectivity index (χ0v) is 16.0. The molecule has 0 aromatic carbocycles. The lowest BCUT2D eigenvalue weighted by atomic mass is 10.3. The summed E-state index contributed by atoms with van der Waals surface area (Å²) >= 11 is 3.48. The lowest BCUT2D eigenvalue weighted by Crippen LogP contribution is -2.40. The van der Waals surface area contributed by atoms with E-state index in [1.54, 1.807) is 39.6 Å². The van der Waals surface area contributed by atoms with Gasteiger partial charge in [0.2, 0.25) is 12.4 Å². The number of aromatic nitrogens is 6. The van der Waals surface area contributed by atoms with Crippen LogP contribution in [0.3, 0.4) is 0 Å². The van der Waals surface area contributed by atoms with Crippen molar-refractivity contribution >= 4 is 27.4 Å². The van der Waals surface area contributed by atoms with Crippen LogP contribution in [0.4, 0.5) is 5.82 Å². The second kappa shape index (κ2) is 7.33. The van der Waals surface area contributed by atoms with Crippen LogP contribution in [0.5, 0.6) is 0 Å². The third kappa shape index (κ3) is 3.49. The number of nitrogens with one attached hydrogen (secondary N) is 1. The molecule has 0 unspecified atom stereocenters. The molecule has 4 aromatic rings. The van der Waals surface area contributed by atoms with Crippen molar-refractivity contribution in [2.45, 2.75) is 13.2 Å². The summed E-state index contributed by atoms with van der Waals surface area (Å²) in [5.74, 6) is 1.44. The van der Waals surface area contributed by atoms with Crippen LogP contribution in [0.25, 0.3) is 11.5 Å². The van der Waals surface area contributed by atoms with Crippen molar-refractivity contribution in [3.8, 4) is 5.82 Å². The second-order valence-electron chi connectivity index (χ2n) is 5.77. The Morgan fingerprint density at radius 2 is 2.30 bits per heavy atom. The Kier molecular flexibility index (Phi) is 4.73. The Morgan fingerprint density at radius 1 is 1.41 bits per heavy atom. The molecule has 0 aliphatic carbocycles. The molecule has 4 rings (SSSR count). The summed E-state index contributed by atoms with van der Waals surface area (Å²) in [7, 11) is 1.61. The van der Waals surface area contributed by atoms with Gasteiger partial charge in [0.15, 0.2) is 5.65 Å². The number of imidazole rings is 1. The number of rotatable bonds is 6. The number of anilines is 1. The molecule has 0 radical (unpaired) electrons. The number of aliphatic hydroxyl groups is 1. The molecule has 0 aliphatic rings. The second-order valence-corrected chi connectivity index (χ2v) is 6.62. The highest BCUT2D eigenvalue weighted by Crippen LogP contribution is 2.22. The molecule has 4 aromatic heterocycles. The van der Waals surface area contributed by atoms with Gasteiger partial charge in [-0.25, -0.2) is 9.97 Å². The predicted octanol–water partition coefficient (Wildman–Crippen LogP) is 1.13. The Labute approximate surface area is 163 Å². The van der Waals surface area contributed by atoms with Crippen molar-refractivity contribution in [3.63, 3.8) is 0 Å². The highest BCUT2D eigenvalue weighted by atomic mass is 79.9. The molecule has 10 heteroatoms. The van der Waals surface area contributed by atoms with Crippen LogP contribution in [-0.4, -0.2) is 36.4 Å². The summed E-state index contributed by atoms with van der Waals surface area (Å²) in [4.78, 5) is 14.0. The Hall–Kier alpha value is -2.98. The molecule has 0 saturated heterocycles. The van der Waals surface area contributed by atoms with E-state index in [1.165, 1.54) is 0 Å². The van der Waals surface area contributed by atoms with Gasteiger partial charge in [0, 0.05) is 35.2 Å². The van der Waals surface area contributed by atoms with E-state index in [0.717, 1.165) is 15.9 Å². The Balaban J connectivity index is 1.70. The van der Waals surface area contributed by atoms with Crippen molar-refractivity contribution < 1.29 is 14.7 Å². The van der Waals surface area contributed by atoms with Gasteiger partial charge in [0.25, 0.3) is 0 Å². The molecular formula is C17H17BrN7O2+. The molecule has 0 saturated carbocycles. The molecular weight excluding hydrogens is 414 g/mol. The maximum atomic E-state index is 9.25. The number of halogens is 1. The van der Waals surface area contributed by atoms with Crippen LogP contribution in [0, 0.1) is 0 Å². The van der Waals surface area contributed by atoms with Crippen molar-refractivity contribution in [2.75, 3.05) is 12.4 Å². The highest BCUT2D eigenvalue weighted by molar-refractivity contribution is 9.10. The zero-order valence-electron chi connectivity index (χ0n) is 14.4. The van der Waals surface area contributed by atoms with Gasteiger partial charge in [-0.2, -0.15) is 9.61 Å². The van der Waals surface area contributed by atoms with Gasteiger partial charge in [0.1, 0.15) is 25.1 Å². The number of fused-ring (bicyclic) bond motifs is 1. The molecule has 0 fully saturated rings. The van der Waals surface area contributed by atoms with Gasteiger partial charge < -0.3 is 10.4 Å². The molecule has 2 N–H and O–H groups in total. The standard InChI is InChI=1S/C17H17BrN7O2/c1-27-24-4-2-3-12(8-24)6-19-15-5-16(23-9-13(10-26)20-11-23)22-17-14(18)7-21-25(15)17/h2-5,7-9,11,19,26H,6,10H2,1H3/q+1. The molecule has 0 atom stereocenters. The first-order valence-corrected chi connectivity index (χ1v) is 8.94. The number of hydrogen-bond acceptors (Lipinski definition) is 6. The van der Waals surface area contributed by atoms with Crippen LogP contribution >= 0.6 is 15.9 Å². The maximum Gasteiger partial charge on any atom is 0.227 e. The van der Waals surface area contributed by atoms with Crippen molar-refractivity contribution in [2.24, 2.45) is 0 Å². The first-order chi connectivity index (χ1) is 13.2. The highest BCUT2D eigenvalue weighted by Gasteiger charge is 2.12. The fourth-order valence-corrected chi connectivity index (χ4v) is 3.01. The van der Waals surface area contributed by atoms with E-state index in [1.807, 2.05) is 30.6 Å². The summed E-state index contributed by atoms with van der Waals surface area (Å²) < 4.78 is 5.91. The third-order valence-electron chi connectivity index (χ3n) is 4.00. The van der Waals surface area contributed by atoms with Gasteiger partial charge in [-0.1, -0.05) is 0 Å². The fourth-order valence-electron chi connectivity index (χ4n) is 2.66. The SMILES string of the molecule is CO[n+]1cccc(CNc2cc(-n3cnc(CO)c3)nc3c(Br)cnn23)c1. The molecule has 0 bridgehead atoms. The fraction of sp³-hybridized carbons (Fsp3) is 0.176. The minimum Gasteiger partial charge on any atom is -0.390 e. The average Bonchev–Trinajstić information content (AvgIpc) is 3.33. The Morgan fingerprint density at radius 3 is 3.07 bits per heavy atom. The quantitative estimate of drug-likeness (QED) is 0.445. The monoisotopic (exact) mass is 430 g/mol. The van der Waals surface area contributed by atoms with Gasteiger partial charge >= 0.3 is 0 Å². The molecule has 0 amide bonds. The lowest BCUT2D eigenvalue weighted by molar-refractivity contribution is -0.885. The average molecular weight is 431 g/mol. The molecule has 4 heterocycles. The molecule has 27 heavy (non-hydrogen) atoms. The topological polar surface area (TPSA) is 93.4 Å². The maximum absolute atomic E-state index is 9.25. The summed E-state index contributed by atoms with van der Waals surface area (Å²) in [6, 6.07) is 5.80. The van der Waals surface area contributed by atoms with E-state index in [0.29, 0.717) is 23.7 Å². The normalized spacial score (nSPS) is 11.1. The predicted molar refractivity (Wildman–Crippen MR) is 100 cm³/mol. The summed E-state index contributed by atoms with van der Waals surface area (Å²) in [6.45, 7) is 0.455. The summed E-state index contributed by atoms with van der Waals surface area (Å²) in [5.41, 5.74) is 2.30. The van der Waals surface area contributed by atoms with Crippen LogP contribution in [0.15, 0.2) is 53.8 Å². The van der Waals surface area contributed by atoms with E-state index in [2.05, 4.69) is 36.3 Å². The number of hydrogen-bond donors (Lipinski definition) is 2. The smallest absolute Gasteiger partial charge is 0.227 e. The van der Waals surface area contributed by atoms with E-state index >= 15 is 0 Å². The van der Waals surface area contributed by atoms with Crippen molar-refractivity contribution in [1.29, 1.82) is 0 Å². The van der Waals surface area contributed by atoms with Gasteiger partial charge in [-0.15, -0.1) is 0 Å². The minimum atomic E-state index is -0.121. The molecule has 9 nitrogen and oxygen atoms in total. The minimum absolute atomic E-state index is 0.121. The van der Waals surface area contributed by atoms with E-state index in [-0.39, 0.29) is 6.61 Å². The Bertz CT molecular complexity index is 1090. The molecule has 0 aliphatic heterocycles. The first kappa shape index (κ1) is 17.4. The van der Waals surface area contributed by atoms with E-state index in [4.69, 9.17) is 4.84 Å². The van der Waals surface area contributed by atoms with E-state index < -0.39 is 0 Å². The number of nitrogens with zero attached hydrogens (tertiary/aromatic N) is 6. The van der Waals surface area contributed by atoms with Crippen LogP contribution in [0.2, 0.25) is 0 Å². The van der Waals surface area contributed by atoms with Crippen LogP contribution in [-0.2, 0) is 13.2 Å². The van der Waals surface area contributed by atoms with Crippen LogP contribution in [0.1, 0.15) is 11.3 Å². The molecule has 138 valence electrons. The van der Waals surface area contributed by atoms with E-state index in [9.17, 15) is 5.11 Å². The number of pyridine rings is 1. The largest absolute Gasteiger partial charge is 0.390 e. The first-order valence-electron chi connectivity index (χ1n) is 8.15. The van der Waals surface area contributed by atoms with Gasteiger partial charge in [-0.3, -0.25) is 9.40 Å². The summed E-state index contributed by atoms with van der Waals surface area (Å²) in [6.07, 6.45) is 8.79. The third-order valence-corrected chi connectivity index (χ3v) is 4.56. The number of aliphatic hydroxyl groups excluding tert-OH is 1.